The van der Waals surface area contributed by atoms with Crippen molar-refractivity contribution in [2.45, 2.75) is 32.4 Å². The van der Waals surface area contributed by atoms with Gasteiger partial charge in [-0.3, -0.25) is 14.5 Å². The number of nitrogens with zero attached hydrogens (tertiary/aromatic N) is 3. The van der Waals surface area contributed by atoms with Gasteiger partial charge in [-0.1, -0.05) is 47.7 Å². The highest BCUT2D eigenvalue weighted by molar-refractivity contribution is 8.26. The second-order valence-corrected chi connectivity index (χ2v) is 11.0. The molecule has 0 aliphatic carbocycles. The molecule has 0 saturated carbocycles. The van der Waals surface area contributed by atoms with Crippen LogP contribution in [0.5, 0.6) is 0 Å². The number of halogens is 1. The molecule has 0 radical (unpaired) electrons. The zero-order valence-electron chi connectivity index (χ0n) is 20.1. The van der Waals surface area contributed by atoms with Crippen molar-refractivity contribution >= 4 is 63.7 Å². The lowest BCUT2D eigenvalue weighted by Gasteiger charge is -2.26. The van der Waals surface area contributed by atoms with Crippen molar-refractivity contribution in [3.8, 4) is 0 Å². The Bertz CT molecular complexity index is 1300. The van der Waals surface area contributed by atoms with Crippen LogP contribution in [0.3, 0.4) is 0 Å². The van der Waals surface area contributed by atoms with E-state index in [1.807, 2.05) is 30.3 Å². The maximum Gasteiger partial charge on any atom is 0.266 e. The van der Waals surface area contributed by atoms with Gasteiger partial charge in [0.1, 0.15) is 22.4 Å². The van der Waals surface area contributed by atoms with E-state index < -0.39 is 0 Å². The fraction of sp³-hybridized carbons (Fsp3) is 0.296. The molecule has 0 bridgehead atoms. The lowest BCUT2D eigenvalue weighted by atomic mass is 10.1. The van der Waals surface area contributed by atoms with Crippen molar-refractivity contribution in [1.82, 2.24) is 9.80 Å². The molecule has 0 N–H and O–H groups in total. The van der Waals surface area contributed by atoms with Crippen molar-refractivity contribution in [3.63, 3.8) is 0 Å². The van der Waals surface area contributed by atoms with Crippen LogP contribution in [0.15, 0.2) is 68.5 Å². The van der Waals surface area contributed by atoms with Gasteiger partial charge in [-0.05, 0) is 61.2 Å². The summed E-state index contributed by atoms with van der Waals surface area (Å²) in [5.41, 5.74) is 0.831. The maximum atomic E-state index is 13.5. The maximum absolute atomic E-state index is 13.5. The molecule has 1 aromatic carbocycles. The Morgan fingerprint density at radius 1 is 1.05 bits per heavy atom. The largest absolute Gasteiger partial charge is 0.467 e. The average Bonchev–Trinajstić information content (AvgIpc) is 3.65. The standard InChI is InChI=1S/C27H26ClN3O4S2/c28-20-8-6-19(7-9-20)15-23-26(33)31(27(36)37-23)18-24(32)30(16-21-5-4-14-34-21)17-22-10-11-25(35-22)29-12-2-1-3-13-29/h4-11,14-15H,1-3,12-13,16-18H2/b23-15-. The number of hydrogen-bond donors (Lipinski definition) is 0. The first-order valence-electron chi connectivity index (χ1n) is 12.1. The Morgan fingerprint density at radius 2 is 1.81 bits per heavy atom. The van der Waals surface area contributed by atoms with Crippen LogP contribution < -0.4 is 4.90 Å². The number of thiocarbonyl (C=S) groups is 1. The number of carbonyl (C=O) groups is 2. The van der Waals surface area contributed by atoms with Crippen molar-refractivity contribution in [1.29, 1.82) is 0 Å². The van der Waals surface area contributed by atoms with Gasteiger partial charge in [-0.2, -0.15) is 0 Å². The normalized spacial score (nSPS) is 17.2. The van der Waals surface area contributed by atoms with Crippen LogP contribution in [0.2, 0.25) is 5.02 Å². The second-order valence-electron chi connectivity index (χ2n) is 8.94. The van der Waals surface area contributed by atoms with E-state index in [-0.39, 0.29) is 31.4 Å². The summed E-state index contributed by atoms with van der Waals surface area (Å²) >= 11 is 12.6. The summed E-state index contributed by atoms with van der Waals surface area (Å²) in [5, 5.41) is 0.617. The molecule has 0 unspecified atom stereocenters. The van der Waals surface area contributed by atoms with Crippen LogP contribution in [0, 0.1) is 0 Å². The number of rotatable bonds is 8. The van der Waals surface area contributed by atoms with E-state index in [1.54, 1.807) is 35.4 Å². The van der Waals surface area contributed by atoms with E-state index in [0.29, 0.717) is 25.8 Å². The molecule has 10 heteroatoms. The molecule has 4 heterocycles. The van der Waals surface area contributed by atoms with Crippen LogP contribution in [0.1, 0.15) is 36.3 Å². The van der Waals surface area contributed by atoms with Gasteiger partial charge >= 0.3 is 0 Å². The molecular weight excluding hydrogens is 530 g/mol. The summed E-state index contributed by atoms with van der Waals surface area (Å²) < 4.78 is 11.9. The minimum absolute atomic E-state index is 0.164. The van der Waals surface area contributed by atoms with Crippen molar-refractivity contribution in [3.05, 3.63) is 81.8 Å². The van der Waals surface area contributed by atoms with Crippen LogP contribution in [-0.4, -0.2) is 45.6 Å². The van der Waals surface area contributed by atoms with Crippen LogP contribution >= 0.6 is 35.6 Å². The third-order valence-corrected chi connectivity index (χ3v) is 7.91. The number of benzene rings is 1. The predicted octanol–water partition coefficient (Wildman–Crippen LogP) is 5.95. The molecule has 2 aromatic heterocycles. The second kappa shape index (κ2) is 11.6. The van der Waals surface area contributed by atoms with E-state index in [9.17, 15) is 9.59 Å². The molecule has 2 fully saturated rings. The summed E-state index contributed by atoms with van der Waals surface area (Å²) in [7, 11) is 0. The highest BCUT2D eigenvalue weighted by Gasteiger charge is 2.34. The Labute approximate surface area is 230 Å². The molecule has 3 aromatic rings. The number of thioether (sulfide) groups is 1. The van der Waals surface area contributed by atoms with Gasteiger partial charge in [0, 0.05) is 24.2 Å². The molecule has 2 aliphatic rings. The third kappa shape index (κ3) is 6.29. The highest BCUT2D eigenvalue weighted by atomic mass is 35.5. The number of anilines is 1. The predicted molar refractivity (Wildman–Crippen MR) is 149 cm³/mol. The van der Waals surface area contributed by atoms with E-state index in [0.717, 1.165) is 37.4 Å². The number of piperidine rings is 1. The Balaban J connectivity index is 1.29. The van der Waals surface area contributed by atoms with Gasteiger partial charge in [-0.25, -0.2) is 0 Å². The average molecular weight is 556 g/mol. The molecule has 0 spiro atoms. The van der Waals surface area contributed by atoms with Crippen molar-refractivity contribution in [2.24, 2.45) is 0 Å². The van der Waals surface area contributed by atoms with Crippen molar-refractivity contribution < 1.29 is 18.4 Å². The molecule has 2 saturated heterocycles. The third-order valence-electron chi connectivity index (χ3n) is 6.28. The summed E-state index contributed by atoms with van der Waals surface area (Å²) in [6, 6.07) is 14.6. The van der Waals surface area contributed by atoms with E-state index in [1.165, 1.54) is 23.1 Å². The number of furan rings is 2. The summed E-state index contributed by atoms with van der Waals surface area (Å²) in [6.07, 6.45) is 6.86. The molecule has 192 valence electrons. The zero-order valence-corrected chi connectivity index (χ0v) is 22.5. The first-order valence-corrected chi connectivity index (χ1v) is 13.7. The summed E-state index contributed by atoms with van der Waals surface area (Å²) in [4.78, 5) is 32.3. The topological polar surface area (TPSA) is 70.1 Å². The quantitative estimate of drug-likeness (QED) is 0.251. The molecule has 37 heavy (non-hydrogen) atoms. The molecular formula is C27H26ClN3O4S2. The fourth-order valence-electron chi connectivity index (χ4n) is 4.33. The molecule has 2 amide bonds. The number of hydrogen-bond acceptors (Lipinski definition) is 7. The minimum atomic E-state index is -0.290. The number of amides is 2. The van der Waals surface area contributed by atoms with Gasteiger partial charge in [0.2, 0.25) is 5.91 Å². The fourth-order valence-corrected chi connectivity index (χ4v) is 5.71. The van der Waals surface area contributed by atoms with E-state index >= 15 is 0 Å². The van der Waals surface area contributed by atoms with Crippen molar-refractivity contribution in [2.75, 3.05) is 24.5 Å². The van der Waals surface area contributed by atoms with Gasteiger partial charge in [0.05, 0.1) is 24.3 Å². The molecule has 2 aliphatic heterocycles. The Morgan fingerprint density at radius 3 is 2.54 bits per heavy atom. The van der Waals surface area contributed by atoms with Gasteiger partial charge in [0.15, 0.2) is 5.88 Å². The molecule has 7 nitrogen and oxygen atoms in total. The van der Waals surface area contributed by atoms with Crippen LogP contribution in [0.25, 0.3) is 6.08 Å². The highest BCUT2D eigenvalue weighted by Crippen LogP contribution is 2.33. The van der Waals surface area contributed by atoms with Gasteiger partial charge < -0.3 is 18.6 Å². The first-order chi connectivity index (χ1) is 18.0. The lowest BCUT2D eigenvalue weighted by Crippen LogP contribution is -2.41. The van der Waals surface area contributed by atoms with Gasteiger partial charge in [-0.15, -0.1) is 0 Å². The zero-order chi connectivity index (χ0) is 25.8. The van der Waals surface area contributed by atoms with E-state index in [2.05, 4.69) is 4.90 Å². The Kier molecular flexibility index (Phi) is 8.02. The summed E-state index contributed by atoms with van der Waals surface area (Å²) in [5.74, 6) is 1.60. The van der Waals surface area contributed by atoms with Crippen LogP contribution in [-0.2, 0) is 22.7 Å². The summed E-state index contributed by atoms with van der Waals surface area (Å²) in [6.45, 7) is 2.28. The lowest BCUT2D eigenvalue weighted by molar-refractivity contribution is -0.136. The monoisotopic (exact) mass is 555 g/mol. The molecule has 5 rings (SSSR count). The first kappa shape index (κ1) is 25.6. The van der Waals surface area contributed by atoms with E-state index in [4.69, 9.17) is 32.7 Å². The smallest absolute Gasteiger partial charge is 0.266 e. The molecule has 0 atom stereocenters. The van der Waals surface area contributed by atoms with Crippen LogP contribution in [0.4, 0.5) is 5.88 Å². The SMILES string of the molecule is O=C(CN1C(=O)/C(=C/c2ccc(Cl)cc2)SC1=S)N(Cc1ccco1)Cc1ccc(N2CCCCC2)o1. The van der Waals surface area contributed by atoms with Gasteiger partial charge in [0.25, 0.3) is 5.91 Å². The minimum Gasteiger partial charge on any atom is -0.467 e. The number of carbonyl (C=O) groups excluding carboxylic acids is 2. The Hall–Kier alpha value is -3.01.